The Bertz CT molecular complexity index is 1310. The van der Waals surface area contributed by atoms with Crippen LogP contribution in [-0.2, 0) is 10.5 Å². The summed E-state index contributed by atoms with van der Waals surface area (Å²) in [4.78, 5) is 26.1. The van der Waals surface area contributed by atoms with Crippen LogP contribution >= 0.6 is 11.8 Å². The molecule has 2 amide bonds. The van der Waals surface area contributed by atoms with Crippen LogP contribution < -0.4 is 9.80 Å². The molecule has 3 aromatic rings. The van der Waals surface area contributed by atoms with E-state index in [2.05, 4.69) is 0 Å². The monoisotopic (exact) mass is 602 g/mol. The fraction of sp³-hybridized carbons (Fsp3) is 0.310. The first-order valence-corrected chi connectivity index (χ1v) is 13.4. The molecule has 0 aliphatic rings. The van der Waals surface area contributed by atoms with E-state index < -0.39 is 23.6 Å². The Morgan fingerprint density at radius 2 is 1.37 bits per heavy atom. The van der Waals surface area contributed by atoms with Crippen molar-refractivity contribution in [1.29, 1.82) is 0 Å². The van der Waals surface area contributed by atoms with E-state index >= 15 is 0 Å². The number of aryl methyl sites for hydroxylation is 3. The lowest BCUT2D eigenvalue weighted by Crippen LogP contribution is -2.50. The number of anilines is 2. The molecule has 0 aliphatic heterocycles. The number of hydrogen-bond donors (Lipinski definition) is 0. The van der Waals surface area contributed by atoms with Gasteiger partial charge in [0.2, 0.25) is 6.41 Å². The zero-order valence-electron chi connectivity index (χ0n) is 22.9. The molecular weight excluding hydrogens is 573 g/mol. The molecule has 4 nitrogen and oxygen atoms in total. The summed E-state index contributed by atoms with van der Waals surface area (Å²) in [5.41, 5.74) is -4.27. The maximum Gasteiger partial charge on any atom is 0.435 e. The summed E-state index contributed by atoms with van der Waals surface area (Å²) >= 11 is 1.64. The summed E-state index contributed by atoms with van der Waals surface area (Å²) in [7, 11) is 1.28. The predicted octanol–water partition coefficient (Wildman–Crippen LogP) is 8.15. The molecule has 3 aromatic carbocycles. The van der Waals surface area contributed by atoms with Crippen LogP contribution in [0.25, 0.3) is 0 Å². The van der Waals surface area contributed by atoms with Crippen molar-refractivity contribution in [3.63, 3.8) is 0 Å². The number of carbonyl (C=O) groups excluding carboxylic acids is 2. The number of nitrogens with zero attached hydrogens (tertiary/aromatic N) is 2. The van der Waals surface area contributed by atoms with Gasteiger partial charge in [-0.2, -0.15) is 26.3 Å². The molecular formula is C29H29F7N2O2S. The van der Waals surface area contributed by atoms with E-state index in [-0.39, 0.29) is 22.7 Å². The topological polar surface area (TPSA) is 40.6 Å². The molecule has 12 heteroatoms. The Morgan fingerprint density at radius 1 is 0.829 bits per heavy atom. The van der Waals surface area contributed by atoms with Crippen LogP contribution in [0.5, 0.6) is 0 Å². The highest BCUT2D eigenvalue weighted by atomic mass is 32.2. The van der Waals surface area contributed by atoms with Gasteiger partial charge in [-0.25, -0.2) is 4.39 Å². The molecule has 0 saturated heterocycles. The highest BCUT2D eigenvalue weighted by Crippen LogP contribution is 2.53. The van der Waals surface area contributed by atoms with Crippen molar-refractivity contribution in [3.05, 3.63) is 94.5 Å². The van der Waals surface area contributed by atoms with E-state index in [0.717, 1.165) is 21.7 Å². The van der Waals surface area contributed by atoms with Crippen LogP contribution in [-0.4, -0.2) is 43.9 Å². The maximum atomic E-state index is 14.0. The average Bonchev–Trinajstić information content (AvgIpc) is 2.89. The van der Waals surface area contributed by atoms with Crippen molar-refractivity contribution in [2.45, 2.75) is 38.8 Å². The first-order valence-electron chi connectivity index (χ1n) is 12.0. The van der Waals surface area contributed by atoms with E-state index in [1.807, 2.05) is 72.7 Å². The zero-order chi connectivity index (χ0) is 31.2. The van der Waals surface area contributed by atoms with E-state index in [1.165, 1.54) is 20.9 Å². The van der Waals surface area contributed by atoms with Gasteiger partial charge in [0.05, 0.1) is 5.88 Å². The van der Waals surface area contributed by atoms with Crippen LogP contribution in [0.4, 0.5) is 42.1 Å². The molecule has 222 valence electrons. The highest BCUT2D eigenvalue weighted by Gasteiger charge is 2.73. The fourth-order valence-electron chi connectivity index (χ4n) is 4.16. The molecule has 0 unspecified atom stereocenters. The Morgan fingerprint density at radius 3 is 1.80 bits per heavy atom. The summed E-state index contributed by atoms with van der Waals surface area (Å²) in [6.45, 7) is 4.42. The fourth-order valence-corrected chi connectivity index (χ4v) is 4.69. The number of carbonyl (C=O) groups is 2. The number of benzene rings is 3. The average molecular weight is 603 g/mol. The van der Waals surface area contributed by atoms with Gasteiger partial charge in [0.15, 0.2) is 0 Å². The number of thioether (sulfide) groups is 1. The molecule has 3 rings (SSSR count). The largest absolute Gasteiger partial charge is 0.435 e. The molecule has 0 N–H and O–H groups in total. The van der Waals surface area contributed by atoms with Gasteiger partial charge in [-0.3, -0.25) is 14.5 Å². The molecule has 0 heterocycles. The molecule has 0 saturated carbocycles. The lowest BCUT2D eigenvalue weighted by Gasteiger charge is -2.31. The highest BCUT2D eigenvalue weighted by molar-refractivity contribution is 7.98. The summed E-state index contributed by atoms with van der Waals surface area (Å²) in [5, 5.41) is 0. The van der Waals surface area contributed by atoms with Gasteiger partial charge >= 0.3 is 18.0 Å². The number of alkyl halides is 7. The van der Waals surface area contributed by atoms with Gasteiger partial charge in [-0.1, -0.05) is 42.5 Å². The molecule has 0 atom stereocenters. The zero-order valence-corrected chi connectivity index (χ0v) is 23.7. The number of hydrogen-bond acceptors (Lipinski definition) is 3. The third-order valence-corrected chi connectivity index (χ3v) is 6.53. The van der Waals surface area contributed by atoms with Gasteiger partial charge in [0.25, 0.3) is 5.91 Å². The van der Waals surface area contributed by atoms with Gasteiger partial charge in [-0.15, -0.1) is 11.8 Å². The Balaban J connectivity index is 0.000000289. The summed E-state index contributed by atoms with van der Waals surface area (Å²) in [5.74, 6) is 0.692. The minimum Gasteiger partial charge on any atom is -0.318 e. The third-order valence-electron chi connectivity index (χ3n) is 6.02. The Labute approximate surface area is 238 Å². The lowest BCUT2D eigenvalue weighted by molar-refractivity contribution is -0.348. The molecule has 0 aromatic heterocycles. The van der Waals surface area contributed by atoms with Crippen molar-refractivity contribution in [2.75, 3.05) is 29.0 Å². The number of rotatable bonds is 7. The number of halogens is 7. The maximum absolute atomic E-state index is 14.0. The standard InChI is InChI=1S/C16H17NOS.C13H12F7NO/c1-13-7-6-10-15(11-13)17(12-19-2)16(18)14-8-4-3-5-9-14;1-7-4-9(5-8(2)10(7)21(3)6-22)11(14,12(15,16)17)13(18,19)20/h3-11H,12H2,1-2H3;4-6H,1-3H3. The van der Waals surface area contributed by atoms with Crippen LogP contribution in [0.15, 0.2) is 66.7 Å². The van der Waals surface area contributed by atoms with Gasteiger partial charge in [-0.05, 0) is 68.0 Å². The minimum atomic E-state index is -6.16. The Hall–Kier alpha value is -3.54. The molecule has 0 aliphatic carbocycles. The quantitative estimate of drug-likeness (QED) is 0.156. The van der Waals surface area contributed by atoms with E-state index in [0.29, 0.717) is 24.4 Å². The van der Waals surface area contributed by atoms with E-state index in [1.54, 1.807) is 11.8 Å². The molecule has 0 bridgehead atoms. The summed E-state index contributed by atoms with van der Waals surface area (Å²) in [6, 6.07) is 18.3. The van der Waals surface area contributed by atoms with E-state index in [4.69, 9.17) is 0 Å². The first kappa shape index (κ1) is 33.7. The number of amides is 2. The molecule has 0 spiro atoms. The van der Waals surface area contributed by atoms with Crippen molar-refractivity contribution in [3.8, 4) is 0 Å². The van der Waals surface area contributed by atoms with Crippen LogP contribution in [0.3, 0.4) is 0 Å². The second-order valence-electron chi connectivity index (χ2n) is 9.18. The lowest BCUT2D eigenvalue weighted by atomic mass is 9.90. The van der Waals surface area contributed by atoms with Crippen LogP contribution in [0.2, 0.25) is 0 Å². The molecule has 0 radical (unpaired) electrons. The first-order chi connectivity index (χ1) is 19.0. The Kier molecular flexibility index (Phi) is 11.0. The smallest absolute Gasteiger partial charge is 0.318 e. The third kappa shape index (κ3) is 7.60. The van der Waals surface area contributed by atoms with Crippen molar-refractivity contribution >= 4 is 35.5 Å². The van der Waals surface area contributed by atoms with Crippen LogP contribution in [0, 0.1) is 20.8 Å². The van der Waals surface area contributed by atoms with Crippen molar-refractivity contribution < 1.29 is 40.3 Å². The van der Waals surface area contributed by atoms with Gasteiger partial charge < -0.3 is 4.90 Å². The van der Waals surface area contributed by atoms with Crippen molar-refractivity contribution in [2.24, 2.45) is 0 Å². The van der Waals surface area contributed by atoms with Gasteiger partial charge in [0, 0.05) is 29.5 Å². The van der Waals surface area contributed by atoms with Gasteiger partial charge in [0.1, 0.15) is 0 Å². The summed E-state index contributed by atoms with van der Waals surface area (Å²) < 4.78 is 90.3. The van der Waals surface area contributed by atoms with E-state index in [9.17, 15) is 40.3 Å². The normalized spacial score (nSPS) is 11.8. The summed E-state index contributed by atoms with van der Waals surface area (Å²) in [6.07, 6.45) is -9.99. The van der Waals surface area contributed by atoms with Crippen LogP contribution in [0.1, 0.15) is 32.6 Å². The predicted molar refractivity (Wildman–Crippen MR) is 148 cm³/mol. The minimum absolute atomic E-state index is 0.0422. The molecule has 0 fully saturated rings. The second-order valence-corrected chi connectivity index (χ2v) is 10.0. The second kappa shape index (κ2) is 13.4. The van der Waals surface area contributed by atoms with Crippen molar-refractivity contribution in [1.82, 2.24) is 0 Å². The molecule has 41 heavy (non-hydrogen) atoms. The SMILES string of the molecule is CSCN(C(=O)c1ccccc1)c1cccc(C)c1.Cc1cc(C(F)(C(F)(F)F)C(F)(F)F)cc(C)c1N(C)C=O.